The molecule has 0 radical (unpaired) electrons. The lowest BCUT2D eigenvalue weighted by Gasteiger charge is -2.06. The quantitative estimate of drug-likeness (QED) is 0.651. The second-order valence-corrected chi connectivity index (χ2v) is 6.40. The molecule has 0 atom stereocenters. The molecule has 0 saturated heterocycles. The molecule has 2 aromatic carbocycles. The molecule has 112 valence electrons. The molecule has 0 aliphatic rings. The van der Waals surface area contributed by atoms with Crippen molar-refractivity contribution >= 4 is 40.2 Å². The molecular weight excluding hydrogens is 339 g/mol. The first kappa shape index (κ1) is 15.2. The third kappa shape index (κ3) is 3.53. The van der Waals surface area contributed by atoms with Crippen LogP contribution in [0, 0.1) is 0 Å². The summed E-state index contributed by atoms with van der Waals surface area (Å²) in [6, 6.07) is 12.8. The number of halogens is 2. The van der Waals surface area contributed by atoms with Crippen LogP contribution in [-0.2, 0) is 6.61 Å². The minimum atomic E-state index is 0.362. The van der Waals surface area contributed by atoms with Crippen molar-refractivity contribution in [2.75, 3.05) is 5.73 Å². The number of anilines is 1. The highest BCUT2D eigenvalue weighted by Crippen LogP contribution is 2.29. The highest BCUT2D eigenvalue weighted by molar-refractivity contribution is 7.09. The number of nitrogens with zero attached hydrogens (tertiary/aromatic N) is 1. The van der Waals surface area contributed by atoms with Crippen LogP contribution in [0.15, 0.2) is 47.8 Å². The summed E-state index contributed by atoms with van der Waals surface area (Å²) in [6.45, 7) is 0.362. The van der Waals surface area contributed by atoms with Crippen LogP contribution in [-0.4, -0.2) is 4.98 Å². The lowest BCUT2D eigenvalue weighted by molar-refractivity contribution is 0.306. The number of benzene rings is 2. The zero-order valence-corrected chi connectivity index (χ0v) is 13.8. The molecule has 1 heterocycles. The Kier molecular flexibility index (Phi) is 4.52. The average molecular weight is 351 g/mol. The molecule has 3 aromatic rings. The van der Waals surface area contributed by atoms with Gasteiger partial charge in [0.25, 0.3) is 0 Å². The van der Waals surface area contributed by atoms with Gasteiger partial charge in [-0.2, -0.15) is 0 Å². The zero-order valence-electron chi connectivity index (χ0n) is 11.4. The van der Waals surface area contributed by atoms with Gasteiger partial charge in [-0.05, 0) is 30.3 Å². The number of nitrogens with two attached hydrogens (primary N) is 1. The lowest BCUT2D eigenvalue weighted by Crippen LogP contribution is -1.95. The Morgan fingerprint density at radius 1 is 1.09 bits per heavy atom. The van der Waals surface area contributed by atoms with Crippen LogP contribution in [0.4, 0.5) is 5.69 Å². The fourth-order valence-electron chi connectivity index (χ4n) is 1.90. The minimum Gasteiger partial charge on any atom is -0.485 e. The van der Waals surface area contributed by atoms with Crippen molar-refractivity contribution in [1.82, 2.24) is 4.98 Å². The Hall–Kier alpha value is -1.75. The van der Waals surface area contributed by atoms with E-state index in [0.717, 1.165) is 22.0 Å². The van der Waals surface area contributed by atoms with E-state index in [-0.39, 0.29) is 0 Å². The maximum Gasteiger partial charge on any atom is 0.140 e. The first-order chi connectivity index (χ1) is 10.6. The van der Waals surface area contributed by atoms with Crippen molar-refractivity contribution in [2.24, 2.45) is 0 Å². The summed E-state index contributed by atoms with van der Waals surface area (Å²) in [7, 11) is 0. The average Bonchev–Trinajstić information content (AvgIpc) is 2.96. The molecule has 22 heavy (non-hydrogen) atoms. The van der Waals surface area contributed by atoms with E-state index < -0.39 is 0 Å². The van der Waals surface area contributed by atoms with Gasteiger partial charge in [-0.1, -0.05) is 35.3 Å². The molecule has 0 aliphatic heterocycles. The fourth-order valence-corrected chi connectivity index (χ4v) is 3.07. The third-order valence-electron chi connectivity index (χ3n) is 3.00. The van der Waals surface area contributed by atoms with Gasteiger partial charge in [0.2, 0.25) is 0 Å². The summed E-state index contributed by atoms with van der Waals surface area (Å²) in [5.74, 6) is 0.593. The van der Waals surface area contributed by atoms with Gasteiger partial charge in [-0.25, -0.2) is 4.98 Å². The van der Waals surface area contributed by atoms with Crippen LogP contribution in [0.2, 0.25) is 10.0 Å². The predicted octanol–water partition coefficient (Wildman–Crippen LogP) is 5.28. The van der Waals surface area contributed by atoms with E-state index in [9.17, 15) is 0 Å². The normalized spacial score (nSPS) is 10.6. The Balaban J connectivity index is 1.70. The van der Waals surface area contributed by atoms with E-state index in [1.807, 2.05) is 29.6 Å². The maximum absolute atomic E-state index is 6.07. The monoisotopic (exact) mass is 350 g/mol. The van der Waals surface area contributed by atoms with Crippen molar-refractivity contribution in [1.29, 1.82) is 0 Å². The Morgan fingerprint density at radius 2 is 1.86 bits per heavy atom. The number of rotatable bonds is 4. The number of hydrogen-bond donors (Lipinski definition) is 1. The molecule has 6 heteroatoms. The topological polar surface area (TPSA) is 48.1 Å². The first-order valence-electron chi connectivity index (χ1n) is 6.50. The zero-order chi connectivity index (χ0) is 15.5. The standard InChI is InChI=1S/C16H12Cl2N2OS/c17-11-3-6-15(13(18)7-11)21-8-16-20-14(9-22-16)10-1-4-12(19)5-2-10/h1-7,9H,8,19H2. The summed E-state index contributed by atoms with van der Waals surface area (Å²) < 4.78 is 5.68. The van der Waals surface area contributed by atoms with Gasteiger partial charge in [0.1, 0.15) is 17.4 Å². The fraction of sp³-hybridized carbons (Fsp3) is 0.0625. The van der Waals surface area contributed by atoms with Gasteiger partial charge in [-0.3, -0.25) is 0 Å². The summed E-state index contributed by atoms with van der Waals surface area (Å²) in [5, 5.41) is 3.94. The first-order valence-corrected chi connectivity index (χ1v) is 8.13. The van der Waals surface area contributed by atoms with E-state index in [1.54, 1.807) is 29.5 Å². The summed E-state index contributed by atoms with van der Waals surface area (Å²) in [5.41, 5.74) is 8.36. The summed E-state index contributed by atoms with van der Waals surface area (Å²) in [4.78, 5) is 4.56. The molecule has 0 unspecified atom stereocenters. The van der Waals surface area contributed by atoms with Crippen molar-refractivity contribution < 1.29 is 4.74 Å². The van der Waals surface area contributed by atoms with E-state index in [1.165, 1.54) is 0 Å². The summed E-state index contributed by atoms with van der Waals surface area (Å²) in [6.07, 6.45) is 0. The second kappa shape index (κ2) is 6.57. The van der Waals surface area contributed by atoms with Crippen LogP contribution in [0.3, 0.4) is 0 Å². The van der Waals surface area contributed by atoms with Crippen LogP contribution in [0.1, 0.15) is 5.01 Å². The van der Waals surface area contributed by atoms with E-state index >= 15 is 0 Å². The van der Waals surface area contributed by atoms with Crippen molar-refractivity contribution in [3.05, 3.63) is 62.9 Å². The molecule has 3 rings (SSSR count). The summed E-state index contributed by atoms with van der Waals surface area (Å²) >= 11 is 13.5. The smallest absolute Gasteiger partial charge is 0.140 e. The molecule has 3 nitrogen and oxygen atoms in total. The molecule has 0 amide bonds. The van der Waals surface area contributed by atoms with E-state index in [4.69, 9.17) is 33.7 Å². The van der Waals surface area contributed by atoms with Crippen molar-refractivity contribution in [3.63, 3.8) is 0 Å². The number of ether oxygens (including phenoxy) is 1. The Morgan fingerprint density at radius 3 is 2.59 bits per heavy atom. The van der Waals surface area contributed by atoms with Gasteiger partial charge in [-0.15, -0.1) is 11.3 Å². The molecule has 0 spiro atoms. The molecule has 2 N–H and O–H groups in total. The molecule has 1 aromatic heterocycles. The van der Waals surface area contributed by atoms with Crippen molar-refractivity contribution in [3.8, 4) is 17.0 Å². The second-order valence-electron chi connectivity index (χ2n) is 4.61. The Bertz CT molecular complexity index is 787. The largest absolute Gasteiger partial charge is 0.485 e. The molecule has 0 fully saturated rings. The highest BCUT2D eigenvalue weighted by atomic mass is 35.5. The van der Waals surface area contributed by atoms with Crippen LogP contribution >= 0.6 is 34.5 Å². The third-order valence-corrected chi connectivity index (χ3v) is 4.36. The van der Waals surface area contributed by atoms with Gasteiger partial charge >= 0.3 is 0 Å². The van der Waals surface area contributed by atoms with E-state index in [2.05, 4.69) is 4.98 Å². The predicted molar refractivity (Wildman–Crippen MR) is 92.8 cm³/mol. The van der Waals surface area contributed by atoms with Crippen LogP contribution < -0.4 is 10.5 Å². The van der Waals surface area contributed by atoms with Gasteiger partial charge in [0.05, 0.1) is 10.7 Å². The molecular formula is C16H12Cl2N2OS. The number of hydrogen-bond acceptors (Lipinski definition) is 4. The van der Waals surface area contributed by atoms with Crippen LogP contribution in [0.25, 0.3) is 11.3 Å². The molecule has 0 saturated carbocycles. The van der Waals surface area contributed by atoms with Gasteiger partial charge in [0.15, 0.2) is 0 Å². The SMILES string of the molecule is Nc1ccc(-c2csc(COc3ccc(Cl)cc3Cl)n2)cc1. The van der Waals surface area contributed by atoms with Gasteiger partial charge in [0, 0.05) is 21.7 Å². The highest BCUT2D eigenvalue weighted by Gasteiger charge is 2.07. The van der Waals surface area contributed by atoms with Gasteiger partial charge < -0.3 is 10.5 Å². The Labute approximate surface area is 142 Å². The minimum absolute atomic E-state index is 0.362. The van der Waals surface area contributed by atoms with Crippen LogP contribution in [0.5, 0.6) is 5.75 Å². The van der Waals surface area contributed by atoms with E-state index in [0.29, 0.717) is 22.4 Å². The molecule has 0 aliphatic carbocycles. The number of nitrogen functional groups attached to an aromatic ring is 1. The lowest BCUT2D eigenvalue weighted by atomic mass is 10.1. The number of thiazole rings is 1. The molecule has 0 bridgehead atoms. The number of aromatic nitrogens is 1. The maximum atomic E-state index is 6.07. The van der Waals surface area contributed by atoms with Crippen molar-refractivity contribution in [2.45, 2.75) is 6.61 Å².